The minimum atomic E-state index is 1.32. The first-order valence-corrected chi connectivity index (χ1v) is 6.15. The predicted molar refractivity (Wildman–Crippen MR) is 59.9 cm³/mol. The highest BCUT2D eigenvalue weighted by Gasteiger charge is 1.93. The summed E-state index contributed by atoms with van der Waals surface area (Å²) in [6.45, 7) is 0. The van der Waals surface area contributed by atoms with Crippen molar-refractivity contribution in [2.75, 3.05) is 0 Å². The van der Waals surface area contributed by atoms with Gasteiger partial charge in [-0.25, -0.2) is 0 Å². The summed E-state index contributed by atoms with van der Waals surface area (Å²) in [5, 5.41) is 0. The van der Waals surface area contributed by atoms with Crippen LogP contribution in [0.1, 0.15) is 70.6 Å². The Hall–Kier alpha value is -0.260. The maximum absolute atomic E-state index is 2.39. The average molecular weight is 180 g/mol. The lowest BCUT2D eigenvalue weighted by molar-refractivity contribution is 0.564. The Morgan fingerprint density at radius 1 is 0.385 bits per heavy atom. The van der Waals surface area contributed by atoms with Crippen molar-refractivity contribution in [1.29, 1.82) is 0 Å². The van der Waals surface area contributed by atoms with Gasteiger partial charge in [0.2, 0.25) is 0 Å². The van der Waals surface area contributed by atoms with E-state index in [0.29, 0.717) is 0 Å². The Morgan fingerprint density at radius 2 is 0.692 bits per heavy atom. The third-order valence-electron chi connectivity index (χ3n) is 2.91. The Kier molecular flexibility index (Phi) is 6.94. The van der Waals surface area contributed by atoms with Crippen LogP contribution in [0, 0.1) is 0 Å². The van der Waals surface area contributed by atoms with E-state index in [-0.39, 0.29) is 0 Å². The monoisotopic (exact) mass is 180 g/mol. The molecule has 1 aliphatic carbocycles. The SMILES string of the molecule is C1=C/CCCCCCCCCCC/1. The van der Waals surface area contributed by atoms with E-state index in [9.17, 15) is 0 Å². The van der Waals surface area contributed by atoms with Crippen LogP contribution in [0.3, 0.4) is 0 Å². The van der Waals surface area contributed by atoms with Crippen molar-refractivity contribution in [1.82, 2.24) is 0 Å². The van der Waals surface area contributed by atoms with Crippen LogP contribution in [0.5, 0.6) is 0 Å². The second-order valence-electron chi connectivity index (χ2n) is 4.23. The first-order chi connectivity index (χ1) is 6.50. The molecule has 0 N–H and O–H groups in total. The lowest BCUT2D eigenvalue weighted by Gasteiger charge is -1.99. The third kappa shape index (κ3) is 6.86. The molecule has 1 rings (SSSR count). The summed E-state index contributed by atoms with van der Waals surface area (Å²) in [7, 11) is 0. The zero-order chi connectivity index (χ0) is 9.19. The number of hydrogen-bond donors (Lipinski definition) is 0. The van der Waals surface area contributed by atoms with Crippen LogP contribution in [0.2, 0.25) is 0 Å². The summed E-state index contributed by atoms with van der Waals surface area (Å²) in [4.78, 5) is 0. The van der Waals surface area contributed by atoms with Gasteiger partial charge >= 0.3 is 0 Å². The van der Waals surface area contributed by atoms with Crippen LogP contribution < -0.4 is 0 Å². The van der Waals surface area contributed by atoms with E-state index in [4.69, 9.17) is 0 Å². The van der Waals surface area contributed by atoms with Gasteiger partial charge in [0.25, 0.3) is 0 Å². The Bertz CT molecular complexity index is 110. The molecule has 1 aliphatic rings. The third-order valence-corrected chi connectivity index (χ3v) is 2.91. The molecule has 0 radical (unpaired) electrons. The molecule has 0 spiro atoms. The van der Waals surface area contributed by atoms with Crippen LogP contribution >= 0.6 is 0 Å². The van der Waals surface area contributed by atoms with Gasteiger partial charge in [0.1, 0.15) is 0 Å². The fraction of sp³-hybridized carbons (Fsp3) is 0.846. The van der Waals surface area contributed by atoms with Crippen LogP contribution in [-0.2, 0) is 0 Å². The van der Waals surface area contributed by atoms with E-state index in [0.717, 1.165) is 0 Å². The maximum Gasteiger partial charge on any atom is -0.0351 e. The van der Waals surface area contributed by atoms with Crippen molar-refractivity contribution in [3.8, 4) is 0 Å². The molecule has 0 fully saturated rings. The van der Waals surface area contributed by atoms with Gasteiger partial charge in [-0.3, -0.25) is 0 Å². The molecule has 0 bridgehead atoms. The van der Waals surface area contributed by atoms with Crippen molar-refractivity contribution in [2.45, 2.75) is 70.6 Å². The fourth-order valence-corrected chi connectivity index (χ4v) is 2.00. The molecule has 0 saturated carbocycles. The van der Waals surface area contributed by atoms with E-state index in [1.54, 1.807) is 0 Å². The van der Waals surface area contributed by atoms with E-state index < -0.39 is 0 Å². The van der Waals surface area contributed by atoms with Gasteiger partial charge < -0.3 is 0 Å². The highest BCUT2D eigenvalue weighted by Crippen LogP contribution is 2.13. The van der Waals surface area contributed by atoms with Crippen molar-refractivity contribution in [2.24, 2.45) is 0 Å². The normalized spacial score (nSPS) is 25.2. The molecule has 0 heteroatoms. The zero-order valence-electron chi connectivity index (χ0n) is 8.93. The first-order valence-electron chi connectivity index (χ1n) is 6.15. The molecule has 0 aromatic carbocycles. The molecule has 0 saturated heterocycles. The first kappa shape index (κ1) is 10.8. The molecule has 0 aromatic heterocycles. The minimum Gasteiger partial charge on any atom is -0.0885 e. The fourth-order valence-electron chi connectivity index (χ4n) is 2.00. The summed E-state index contributed by atoms with van der Waals surface area (Å²) in [6.07, 6.45) is 20.5. The van der Waals surface area contributed by atoms with Gasteiger partial charge in [-0.2, -0.15) is 0 Å². The number of hydrogen-bond acceptors (Lipinski definition) is 0. The number of rotatable bonds is 0. The molecule has 0 amide bonds. The van der Waals surface area contributed by atoms with Crippen molar-refractivity contribution in [3.63, 3.8) is 0 Å². The van der Waals surface area contributed by atoms with Gasteiger partial charge in [-0.15, -0.1) is 0 Å². The lowest BCUT2D eigenvalue weighted by atomic mass is 10.1. The lowest BCUT2D eigenvalue weighted by Crippen LogP contribution is -1.80. The molecule has 0 heterocycles. The summed E-state index contributed by atoms with van der Waals surface area (Å²) < 4.78 is 0. The molecular formula is C13H24. The van der Waals surface area contributed by atoms with E-state index in [1.807, 2.05) is 0 Å². The topological polar surface area (TPSA) is 0 Å². The van der Waals surface area contributed by atoms with Crippen LogP contribution in [0.4, 0.5) is 0 Å². The van der Waals surface area contributed by atoms with Gasteiger partial charge in [0.15, 0.2) is 0 Å². The largest absolute Gasteiger partial charge is 0.0885 e. The molecule has 13 heavy (non-hydrogen) atoms. The predicted octanol–water partition coefficient (Wildman–Crippen LogP) is 4.85. The molecule has 0 nitrogen and oxygen atoms in total. The van der Waals surface area contributed by atoms with Gasteiger partial charge in [0, 0.05) is 0 Å². The highest BCUT2D eigenvalue weighted by molar-refractivity contribution is 4.81. The molecule has 0 aliphatic heterocycles. The van der Waals surface area contributed by atoms with Crippen LogP contribution in [-0.4, -0.2) is 0 Å². The summed E-state index contributed by atoms with van der Waals surface area (Å²) in [5.74, 6) is 0. The van der Waals surface area contributed by atoms with Crippen molar-refractivity contribution >= 4 is 0 Å². The molecule has 0 unspecified atom stereocenters. The smallest absolute Gasteiger partial charge is 0.0351 e. The standard InChI is InChI=1S/C13H24/c1-2-4-6-8-10-12-13-11-9-7-5-3-1/h1-2H,3-13H2/b2-1+. The quantitative estimate of drug-likeness (QED) is 0.468. The van der Waals surface area contributed by atoms with E-state index in [1.165, 1.54) is 70.6 Å². The second kappa shape index (κ2) is 8.34. The number of allylic oxidation sites excluding steroid dienone is 2. The zero-order valence-corrected chi connectivity index (χ0v) is 8.93. The molecule has 76 valence electrons. The minimum absolute atomic E-state index is 1.32. The van der Waals surface area contributed by atoms with Gasteiger partial charge in [-0.1, -0.05) is 57.1 Å². The van der Waals surface area contributed by atoms with Crippen LogP contribution in [0.25, 0.3) is 0 Å². The van der Waals surface area contributed by atoms with Crippen molar-refractivity contribution in [3.05, 3.63) is 12.2 Å². The summed E-state index contributed by atoms with van der Waals surface area (Å²) >= 11 is 0. The molecular weight excluding hydrogens is 156 g/mol. The Morgan fingerprint density at radius 3 is 1.08 bits per heavy atom. The van der Waals surface area contributed by atoms with E-state index in [2.05, 4.69) is 12.2 Å². The van der Waals surface area contributed by atoms with Gasteiger partial charge in [-0.05, 0) is 25.7 Å². The summed E-state index contributed by atoms with van der Waals surface area (Å²) in [5.41, 5.74) is 0. The van der Waals surface area contributed by atoms with Gasteiger partial charge in [0.05, 0.1) is 0 Å². The van der Waals surface area contributed by atoms with E-state index >= 15 is 0 Å². The Labute approximate surface area is 83.4 Å². The van der Waals surface area contributed by atoms with Crippen molar-refractivity contribution < 1.29 is 0 Å². The van der Waals surface area contributed by atoms with Crippen LogP contribution in [0.15, 0.2) is 12.2 Å². The Balaban J connectivity index is 2.09. The maximum atomic E-state index is 2.39. The second-order valence-corrected chi connectivity index (χ2v) is 4.23. The average Bonchev–Trinajstić information content (AvgIpc) is 2.18. The highest BCUT2D eigenvalue weighted by atomic mass is 14.0. The summed E-state index contributed by atoms with van der Waals surface area (Å²) in [6, 6.07) is 0. The molecule has 0 aromatic rings. The molecule has 0 atom stereocenters.